The van der Waals surface area contributed by atoms with Crippen LogP contribution >= 0.6 is 11.6 Å². The van der Waals surface area contributed by atoms with E-state index in [1.165, 1.54) is 0 Å². The van der Waals surface area contributed by atoms with Crippen LogP contribution in [-0.4, -0.2) is 27.5 Å². The number of fused-ring (bicyclic) bond motifs is 1. The van der Waals surface area contributed by atoms with Crippen LogP contribution in [0.5, 0.6) is 5.88 Å². The Balaban J connectivity index is 2.32. The average Bonchev–Trinajstić information content (AvgIpc) is 2.52. The van der Waals surface area contributed by atoms with Crippen LogP contribution in [0.4, 0.5) is 0 Å². The van der Waals surface area contributed by atoms with Gasteiger partial charge in [0, 0.05) is 19.0 Å². The quantitative estimate of drug-likeness (QED) is 0.822. The standard InChI is InChI=1S/C9H12ClN3O3/c10-8-7(5(11)4-6(14)15)9-13(12-8)2-1-3-16-9/h5H,1-4,11H2,(H,14,15). The molecule has 0 bridgehead atoms. The van der Waals surface area contributed by atoms with Crippen LogP contribution in [0.25, 0.3) is 0 Å². The fourth-order valence-electron chi connectivity index (χ4n) is 1.72. The molecular formula is C9H12ClN3O3. The molecule has 0 radical (unpaired) electrons. The smallest absolute Gasteiger partial charge is 0.305 e. The number of carbonyl (C=O) groups is 1. The van der Waals surface area contributed by atoms with Crippen LogP contribution in [0, 0.1) is 0 Å². The summed E-state index contributed by atoms with van der Waals surface area (Å²) in [5.41, 5.74) is 6.26. The number of rotatable bonds is 3. The van der Waals surface area contributed by atoms with Crippen molar-refractivity contribution < 1.29 is 14.6 Å². The number of aromatic nitrogens is 2. The molecule has 0 saturated carbocycles. The highest BCUT2D eigenvalue weighted by molar-refractivity contribution is 6.30. The maximum atomic E-state index is 10.6. The van der Waals surface area contributed by atoms with Gasteiger partial charge in [0.05, 0.1) is 18.6 Å². The third-order valence-electron chi connectivity index (χ3n) is 2.41. The van der Waals surface area contributed by atoms with Crippen LogP contribution in [-0.2, 0) is 11.3 Å². The van der Waals surface area contributed by atoms with E-state index in [0.717, 1.165) is 13.0 Å². The Kier molecular flexibility index (Phi) is 3.02. The number of nitrogens with two attached hydrogens (primary N) is 1. The van der Waals surface area contributed by atoms with Crippen molar-refractivity contribution in [3.05, 3.63) is 10.7 Å². The summed E-state index contributed by atoms with van der Waals surface area (Å²) in [6, 6.07) is -0.688. The largest absolute Gasteiger partial charge is 0.481 e. The van der Waals surface area contributed by atoms with Crippen molar-refractivity contribution in [1.82, 2.24) is 9.78 Å². The summed E-state index contributed by atoms with van der Waals surface area (Å²) < 4.78 is 7.05. The second-order valence-electron chi connectivity index (χ2n) is 3.64. The minimum Gasteiger partial charge on any atom is -0.481 e. The molecule has 0 aromatic carbocycles. The van der Waals surface area contributed by atoms with Crippen molar-refractivity contribution in [2.75, 3.05) is 6.61 Å². The van der Waals surface area contributed by atoms with Gasteiger partial charge in [0.15, 0.2) is 5.15 Å². The van der Waals surface area contributed by atoms with Crippen LogP contribution in [0.15, 0.2) is 0 Å². The Morgan fingerprint density at radius 3 is 3.19 bits per heavy atom. The zero-order valence-electron chi connectivity index (χ0n) is 8.52. The molecule has 1 aliphatic rings. The molecule has 1 atom stereocenters. The van der Waals surface area contributed by atoms with E-state index >= 15 is 0 Å². The monoisotopic (exact) mass is 245 g/mol. The molecule has 0 saturated heterocycles. The maximum absolute atomic E-state index is 10.6. The van der Waals surface area contributed by atoms with Gasteiger partial charge in [-0.15, -0.1) is 0 Å². The van der Waals surface area contributed by atoms with Gasteiger partial charge in [-0.2, -0.15) is 5.10 Å². The molecule has 2 rings (SSSR count). The lowest BCUT2D eigenvalue weighted by Crippen LogP contribution is -2.19. The number of nitrogens with zero attached hydrogens (tertiary/aromatic N) is 2. The Hall–Kier alpha value is -1.27. The topological polar surface area (TPSA) is 90.4 Å². The molecule has 0 amide bonds. The van der Waals surface area contributed by atoms with E-state index < -0.39 is 12.0 Å². The van der Waals surface area contributed by atoms with Crippen LogP contribution in [0.2, 0.25) is 5.15 Å². The average molecular weight is 246 g/mol. The molecular weight excluding hydrogens is 234 g/mol. The predicted octanol–water partition coefficient (Wildman–Crippen LogP) is 0.794. The molecule has 16 heavy (non-hydrogen) atoms. The first-order valence-electron chi connectivity index (χ1n) is 4.96. The minimum atomic E-state index is -0.973. The number of halogens is 1. The van der Waals surface area contributed by atoms with Gasteiger partial charge in [0.1, 0.15) is 0 Å². The van der Waals surface area contributed by atoms with E-state index in [9.17, 15) is 4.79 Å². The predicted molar refractivity (Wildman–Crippen MR) is 56.5 cm³/mol. The molecule has 1 aliphatic heterocycles. The third-order valence-corrected chi connectivity index (χ3v) is 2.69. The van der Waals surface area contributed by atoms with Crippen molar-refractivity contribution in [1.29, 1.82) is 0 Å². The molecule has 88 valence electrons. The van der Waals surface area contributed by atoms with E-state index in [0.29, 0.717) is 18.1 Å². The molecule has 2 heterocycles. The van der Waals surface area contributed by atoms with Crippen LogP contribution in [0.1, 0.15) is 24.4 Å². The third kappa shape index (κ3) is 1.98. The van der Waals surface area contributed by atoms with Gasteiger partial charge in [0.2, 0.25) is 5.88 Å². The van der Waals surface area contributed by atoms with Gasteiger partial charge in [-0.25, -0.2) is 4.68 Å². The van der Waals surface area contributed by atoms with E-state index in [-0.39, 0.29) is 11.6 Å². The highest BCUT2D eigenvalue weighted by Crippen LogP contribution is 2.34. The van der Waals surface area contributed by atoms with Gasteiger partial charge in [-0.3, -0.25) is 4.79 Å². The van der Waals surface area contributed by atoms with Gasteiger partial charge in [0.25, 0.3) is 0 Å². The highest BCUT2D eigenvalue weighted by atomic mass is 35.5. The van der Waals surface area contributed by atoms with Crippen LogP contribution < -0.4 is 10.5 Å². The fourth-order valence-corrected chi connectivity index (χ4v) is 2.03. The Bertz CT molecular complexity index is 418. The van der Waals surface area contributed by atoms with Gasteiger partial charge >= 0.3 is 5.97 Å². The van der Waals surface area contributed by atoms with E-state index in [1.54, 1.807) is 4.68 Å². The highest BCUT2D eigenvalue weighted by Gasteiger charge is 2.26. The Morgan fingerprint density at radius 1 is 1.75 bits per heavy atom. The molecule has 0 spiro atoms. The summed E-state index contributed by atoms with van der Waals surface area (Å²) in [5.74, 6) is -0.468. The lowest BCUT2D eigenvalue weighted by molar-refractivity contribution is -0.137. The number of hydrogen-bond acceptors (Lipinski definition) is 4. The first-order valence-corrected chi connectivity index (χ1v) is 5.33. The summed E-state index contributed by atoms with van der Waals surface area (Å²) in [7, 11) is 0. The summed E-state index contributed by atoms with van der Waals surface area (Å²) in [5, 5.41) is 13.0. The van der Waals surface area contributed by atoms with E-state index in [4.69, 9.17) is 27.2 Å². The van der Waals surface area contributed by atoms with Gasteiger partial charge in [-0.05, 0) is 0 Å². The summed E-state index contributed by atoms with van der Waals surface area (Å²) in [4.78, 5) is 10.6. The second kappa shape index (κ2) is 4.31. The summed E-state index contributed by atoms with van der Waals surface area (Å²) >= 11 is 5.93. The zero-order chi connectivity index (χ0) is 11.7. The number of hydrogen-bond donors (Lipinski definition) is 2. The number of carboxylic acids is 1. The van der Waals surface area contributed by atoms with Crippen molar-refractivity contribution >= 4 is 17.6 Å². The molecule has 1 unspecified atom stereocenters. The lowest BCUT2D eigenvalue weighted by Gasteiger charge is -2.17. The molecule has 3 N–H and O–H groups in total. The Morgan fingerprint density at radius 2 is 2.50 bits per heavy atom. The molecule has 6 nitrogen and oxygen atoms in total. The number of carboxylic acid groups (broad SMARTS) is 1. The first kappa shape index (κ1) is 11.2. The van der Waals surface area contributed by atoms with Crippen molar-refractivity contribution in [3.63, 3.8) is 0 Å². The van der Waals surface area contributed by atoms with Crippen molar-refractivity contribution in [2.45, 2.75) is 25.4 Å². The first-order chi connectivity index (χ1) is 7.59. The summed E-state index contributed by atoms with van der Waals surface area (Å²) in [6.45, 7) is 1.30. The van der Waals surface area contributed by atoms with Crippen molar-refractivity contribution in [2.24, 2.45) is 5.73 Å². The van der Waals surface area contributed by atoms with E-state index in [2.05, 4.69) is 5.10 Å². The molecule has 1 aromatic rings. The van der Waals surface area contributed by atoms with Gasteiger partial charge in [-0.1, -0.05) is 11.6 Å². The van der Waals surface area contributed by atoms with Gasteiger partial charge < -0.3 is 15.6 Å². The number of aryl methyl sites for hydroxylation is 1. The van der Waals surface area contributed by atoms with Crippen LogP contribution in [0.3, 0.4) is 0 Å². The molecule has 1 aromatic heterocycles. The number of aliphatic carboxylic acids is 1. The SMILES string of the molecule is NC(CC(=O)O)c1c(Cl)nn2c1OCCC2. The maximum Gasteiger partial charge on any atom is 0.305 e. The normalized spacial score (nSPS) is 16.4. The lowest BCUT2D eigenvalue weighted by atomic mass is 10.1. The molecule has 0 fully saturated rings. The Labute approximate surface area is 96.9 Å². The zero-order valence-corrected chi connectivity index (χ0v) is 9.28. The molecule has 0 aliphatic carbocycles. The number of ether oxygens (including phenoxy) is 1. The second-order valence-corrected chi connectivity index (χ2v) is 4.00. The van der Waals surface area contributed by atoms with Crippen molar-refractivity contribution in [3.8, 4) is 5.88 Å². The molecule has 7 heteroatoms. The van der Waals surface area contributed by atoms with E-state index in [1.807, 2.05) is 0 Å². The minimum absolute atomic E-state index is 0.193. The fraction of sp³-hybridized carbons (Fsp3) is 0.556. The summed E-state index contributed by atoms with van der Waals surface area (Å²) in [6.07, 6.45) is 0.667.